The zero-order valence-electron chi connectivity index (χ0n) is 14.6. The lowest BCUT2D eigenvalue weighted by molar-refractivity contribution is -0.123. The van der Waals surface area contributed by atoms with E-state index in [1.165, 1.54) is 31.3 Å². The molecule has 0 radical (unpaired) electrons. The summed E-state index contributed by atoms with van der Waals surface area (Å²) in [5.41, 5.74) is 0.639. The number of hydrogen-bond donors (Lipinski definition) is 1. The van der Waals surface area contributed by atoms with E-state index in [0.29, 0.717) is 5.69 Å². The van der Waals surface area contributed by atoms with Crippen molar-refractivity contribution < 1.29 is 22.7 Å². The van der Waals surface area contributed by atoms with E-state index < -0.39 is 28.5 Å². The number of anilines is 1. The fourth-order valence-corrected chi connectivity index (χ4v) is 3.31. The molecule has 0 saturated carbocycles. The fraction of sp³-hybridized carbons (Fsp3) is 0.158. The Balaban J connectivity index is 2.07. The van der Waals surface area contributed by atoms with Crippen LogP contribution in [0.25, 0.3) is 0 Å². The van der Waals surface area contributed by atoms with Crippen LogP contribution in [0.5, 0.6) is 0 Å². The Morgan fingerprint density at radius 3 is 2.33 bits per heavy atom. The van der Waals surface area contributed by atoms with Gasteiger partial charge in [-0.2, -0.15) is 0 Å². The molecule has 140 valence electrons. The quantitative estimate of drug-likeness (QED) is 0.574. The first kappa shape index (κ1) is 20.0. The summed E-state index contributed by atoms with van der Waals surface area (Å²) in [5, 5.41) is 2.36. The van der Waals surface area contributed by atoms with Crippen LogP contribution in [0.3, 0.4) is 0 Å². The van der Waals surface area contributed by atoms with E-state index in [1.54, 1.807) is 30.3 Å². The van der Waals surface area contributed by atoms with E-state index >= 15 is 0 Å². The van der Waals surface area contributed by atoms with Crippen molar-refractivity contribution in [2.24, 2.45) is 0 Å². The molecule has 1 N–H and O–H groups in total. The molecule has 0 unspecified atom stereocenters. The van der Waals surface area contributed by atoms with Crippen LogP contribution in [0.4, 0.5) is 5.69 Å². The van der Waals surface area contributed by atoms with Gasteiger partial charge in [0.25, 0.3) is 15.9 Å². The number of para-hydroxylation sites is 1. The summed E-state index contributed by atoms with van der Waals surface area (Å²) in [4.78, 5) is 23.3. The first-order valence-electron chi connectivity index (χ1n) is 7.87. The van der Waals surface area contributed by atoms with Crippen molar-refractivity contribution in [1.29, 1.82) is 0 Å². The van der Waals surface area contributed by atoms with Crippen LogP contribution in [-0.4, -0.2) is 40.5 Å². The number of terminal acetylenes is 1. The topological polar surface area (TPSA) is 92.8 Å². The molecular formula is C19H18N2O5S. The Hall–Kier alpha value is -3.31. The molecule has 0 atom stereocenters. The molecule has 27 heavy (non-hydrogen) atoms. The summed E-state index contributed by atoms with van der Waals surface area (Å²) >= 11 is 0. The van der Waals surface area contributed by atoms with Crippen molar-refractivity contribution in [2.75, 3.05) is 24.5 Å². The molecule has 0 aliphatic carbocycles. The maximum absolute atomic E-state index is 12.7. The summed E-state index contributed by atoms with van der Waals surface area (Å²) in [6, 6.07) is 13.9. The van der Waals surface area contributed by atoms with E-state index in [9.17, 15) is 18.0 Å². The Labute approximate surface area is 158 Å². The van der Waals surface area contributed by atoms with Gasteiger partial charge < -0.3 is 10.1 Å². The van der Waals surface area contributed by atoms with Crippen LogP contribution in [0, 0.1) is 12.3 Å². The molecule has 1 amide bonds. The second kappa shape index (κ2) is 8.87. The Kier molecular flexibility index (Phi) is 6.57. The largest absolute Gasteiger partial charge is 0.452 e. The monoisotopic (exact) mass is 386 g/mol. The molecule has 0 aliphatic heterocycles. The lowest BCUT2D eigenvalue weighted by Gasteiger charge is -2.19. The number of nitrogens with one attached hydrogen (secondary N) is 1. The predicted molar refractivity (Wildman–Crippen MR) is 101 cm³/mol. The summed E-state index contributed by atoms with van der Waals surface area (Å²) in [6.07, 6.45) is 5.01. The van der Waals surface area contributed by atoms with Gasteiger partial charge in [-0.05, 0) is 36.4 Å². The van der Waals surface area contributed by atoms with E-state index in [0.717, 1.165) is 4.31 Å². The van der Waals surface area contributed by atoms with Gasteiger partial charge >= 0.3 is 5.97 Å². The van der Waals surface area contributed by atoms with Crippen molar-refractivity contribution in [3.63, 3.8) is 0 Å². The lowest BCUT2D eigenvalue weighted by atomic mass is 10.2. The molecule has 0 heterocycles. The van der Waals surface area contributed by atoms with E-state index in [4.69, 9.17) is 11.2 Å². The van der Waals surface area contributed by atoms with Gasteiger partial charge in [-0.25, -0.2) is 13.2 Å². The predicted octanol–water partition coefficient (Wildman–Crippen LogP) is 1.42. The molecular weight excluding hydrogens is 368 g/mol. The smallest absolute Gasteiger partial charge is 0.338 e. The number of benzene rings is 2. The molecule has 2 aromatic carbocycles. The van der Waals surface area contributed by atoms with Crippen molar-refractivity contribution >= 4 is 27.6 Å². The third kappa shape index (κ3) is 5.09. The molecule has 0 spiro atoms. The summed E-state index contributed by atoms with van der Waals surface area (Å²) < 4.78 is 31.3. The van der Waals surface area contributed by atoms with E-state index in [2.05, 4.69) is 11.2 Å². The summed E-state index contributed by atoms with van der Waals surface area (Å²) in [6.45, 7) is -0.435. The molecule has 0 aromatic heterocycles. The van der Waals surface area contributed by atoms with Gasteiger partial charge in [0.2, 0.25) is 0 Å². The van der Waals surface area contributed by atoms with Crippen LogP contribution in [0.1, 0.15) is 10.4 Å². The van der Waals surface area contributed by atoms with Gasteiger partial charge in [-0.1, -0.05) is 24.1 Å². The zero-order valence-corrected chi connectivity index (χ0v) is 15.4. The molecule has 0 fully saturated rings. The van der Waals surface area contributed by atoms with Crippen LogP contribution in [0.2, 0.25) is 0 Å². The van der Waals surface area contributed by atoms with Crippen molar-refractivity contribution in [2.45, 2.75) is 4.90 Å². The highest BCUT2D eigenvalue weighted by Gasteiger charge is 2.21. The SMILES string of the molecule is C#CCNC(=O)COC(=O)c1ccc(S(=O)(=O)N(C)c2ccccc2)cc1. The number of rotatable bonds is 7. The maximum Gasteiger partial charge on any atom is 0.338 e. The molecule has 8 heteroatoms. The highest BCUT2D eigenvalue weighted by molar-refractivity contribution is 7.92. The first-order chi connectivity index (χ1) is 12.9. The van der Waals surface area contributed by atoms with Crippen LogP contribution in [0.15, 0.2) is 59.5 Å². The number of esters is 1. The second-order valence-electron chi connectivity index (χ2n) is 5.39. The van der Waals surface area contributed by atoms with Crippen LogP contribution in [-0.2, 0) is 19.6 Å². The van der Waals surface area contributed by atoms with Crippen LogP contribution < -0.4 is 9.62 Å². The highest BCUT2D eigenvalue weighted by atomic mass is 32.2. The number of amides is 1. The summed E-state index contributed by atoms with van der Waals surface area (Å²) in [7, 11) is -2.33. The summed E-state index contributed by atoms with van der Waals surface area (Å²) in [5.74, 6) is 0.958. The minimum atomic E-state index is -3.77. The van der Waals surface area contributed by atoms with Crippen molar-refractivity contribution in [1.82, 2.24) is 5.32 Å². The number of hydrogen-bond acceptors (Lipinski definition) is 5. The molecule has 2 aromatic rings. The maximum atomic E-state index is 12.7. The average Bonchev–Trinajstić information content (AvgIpc) is 2.70. The minimum Gasteiger partial charge on any atom is -0.452 e. The number of nitrogens with zero attached hydrogens (tertiary/aromatic N) is 1. The van der Waals surface area contributed by atoms with Crippen molar-refractivity contribution in [3.8, 4) is 12.3 Å². The molecule has 0 bridgehead atoms. The Bertz CT molecular complexity index is 948. The van der Waals surface area contributed by atoms with Gasteiger partial charge in [0, 0.05) is 7.05 Å². The molecule has 7 nitrogen and oxygen atoms in total. The third-order valence-electron chi connectivity index (χ3n) is 3.59. The van der Waals surface area contributed by atoms with Gasteiger partial charge in [0.1, 0.15) is 0 Å². The zero-order chi connectivity index (χ0) is 19.9. The van der Waals surface area contributed by atoms with Crippen LogP contribution >= 0.6 is 0 Å². The van der Waals surface area contributed by atoms with E-state index in [1.807, 2.05) is 0 Å². The number of carbonyl (C=O) groups excluding carboxylic acids is 2. The minimum absolute atomic E-state index is 0.0252. The molecule has 2 rings (SSSR count). The van der Waals surface area contributed by atoms with Gasteiger partial charge in [0.15, 0.2) is 6.61 Å². The first-order valence-corrected chi connectivity index (χ1v) is 9.31. The number of carbonyl (C=O) groups is 2. The number of sulfonamides is 1. The second-order valence-corrected chi connectivity index (χ2v) is 7.36. The number of ether oxygens (including phenoxy) is 1. The molecule has 0 aliphatic rings. The lowest BCUT2D eigenvalue weighted by Crippen LogP contribution is -2.29. The Morgan fingerprint density at radius 1 is 1.11 bits per heavy atom. The normalized spacial score (nSPS) is 10.5. The van der Waals surface area contributed by atoms with Gasteiger partial charge in [-0.3, -0.25) is 9.10 Å². The molecule has 0 saturated heterocycles. The van der Waals surface area contributed by atoms with Gasteiger partial charge in [-0.15, -0.1) is 6.42 Å². The average molecular weight is 386 g/mol. The third-order valence-corrected chi connectivity index (χ3v) is 5.39. The fourth-order valence-electron chi connectivity index (χ4n) is 2.11. The Morgan fingerprint density at radius 2 is 1.74 bits per heavy atom. The van der Waals surface area contributed by atoms with Crippen molar-refractivity contribution in [3.05, 3.63) is 60.2 Å². The van der Waals surface area contributed by atoms with E-state index in [-0.39, 0.29) is 17.0 Å². The van der Waals surface area contributed by atoms with Gasteiger partial charge in [0.05, 0.1) is 22.7 Å². The standard InChI is InChI=1S/C19H18N2O5S/c1-3-13-20-18(22)14-26-19(23)15-9-11-17(12-10-15)27(24,25)21(2)16-7-5-4-6-8-16/h1,4-12H,13-14H2,2H3,(H,20,22). The highest BCUT2D eigenvalue weighted by Crippen LogP contribution is 2.22.